The van der Waals surface area contributed by atoms with Crippen LogP contribution in [-0.4, -0.2) is 18.6 Å². The number of aromatic nitrogens is 1. The van der Waals surface area contributed by atoms with E-state index in [9.17, 15) is 0 Å². The molecule has 98 valence electrons. The molecule has 0 amide bonds. The van der Waals surface area contributed by atoms with E-state index in [1.165, 1.54) is 22.4 Å². The van der Waals surface area contributed by atoms with Gasteiger partial charge in [0, 0.05) is 25.8 Å². The minimum absolute atomic E-state index is 0.885. The van der Waals surface area contributed by atoms with Crippen LogP contribution in [0.3, 0.4) is 0 Å². The molecule has 3 rings (SSSR count). The lowest BCUT2D eigenvalue weighted by molar-refractivity contribution is 0.717. The Balaban J connectivity index is 1.89. The molecule has 1 aromatic carbocycles. The van der Waals surface area contributed by atoms with Crippen LogP contribution in [0.4, 0.5) is 5.69 Å². The molecule has 19 heavy (non-hydrogen) atoms. The van der Waals surface area contributed by atoms with E-state index in [0.29, 0.717) is 0 Å². The van der Waals surface area contributed by atoms with E-state index in [1.807, 2.05) is 19.4 Å². The Bertz CT molecular complexity index is 565. The van der Waals surface area contributed by atoms with Gasteiger partial charge in [0.1, 0.15) is 0 Å². The maximum absolute atomic E-state index is 4.29. The largest absolute Gasteiger partial charge is 0.365 e. The Morgan fingerprint density at radius 1 is 1.21 bits per heavy atom. The molecule has 3 heteroatoms. The molecule has 0 unspecified atom stereocenters. The molecule has 1 aliphatic heterocycles. The van der Waals surface area contributed by atoms with E-state index in [0.717, 1.165) is 26.1 Å². The number of benzene rings is 1. The molecule has 0 spiro atoms. The van der Waals surface area contributed by atoms with Crippen molar-refractivity contribution in [3.8, 4) is 0 Å². The van der Waals surface area contributed by atoms with Crippen LogP contribution >= 0.6 is 0 Å². The maximum Gasteiger partial charge on any atom is 0.0601 e. The summed E-state index contributed by atoms with van der Waals surface area (Å²) in [5.41, 5.74) is 5.49. The van der Waals surface area contributed by atoms with Gasteiger partial charge in [0.05, 0.1) is 11.9 Å². The molecule has 0 atom stereocenters. The summed E-state index contributed by atoms with van der Waals surface area (Å²) in [6.45, 7) is 2.94. The van der Waals surface area contributed by atoms with Gasteiger partial charge in [0.2, 0.25) is 0 Å². The van der Waals surface area contributed by atoms with Gasteiger partial charge in [-0.15, -0.1) is 0 Å². The number of hydrogen-bond acceptors (Lipinski definition) is 3. The molecule has 2 heterocycles. The summed E-state index contributed by atoms with van der Waals surface area (Å²) in [5, 5.41) is 3.23. The minimum atomic E-state index is 0.885. The fraction of sp³-hybridized carbons (Fsp3) is 0.312. The molecule has 1 N–H and O–H groups in total. The number of fused-ring (bicyclic) bond motifs is 1. The second-order valence-corrected chi connectivity index (χ2v) is 4.97. The van der Waals surface area contributed by atoms with E-state index < -0.39 is 0 Å². The van der Waals surface area contributed by atoms with E-state index >= 15 is 0 Å². The Kier molecular flexibility index (Phi) is 3.47. The lowest BCUT2D eigenvalue weighted by Crippen LogP contribution is -2.31. The Labute approximate surface area is 114 Å². The predicted octanol–water partition coefficient (Wildman–Crippen LogP) is 2.36. The summed E-state index contributed by atoms with van der Waals surface area (Å²) in [6, 6.07) is 10.8. The Morgan fingerprint density at radius 3 is 2.89 bits per heavy atom. The summed E-state index contributed by atoms with van der Waals surface area (Å²) < 4.78 is 0. The van der Waals surface area contributed by atoms with Crippen molar-refractivity contribution in [2.45, 2.75) is 19.5 Å². The first-order valence-corrected chi connectivity index (χ1v) is 6.77. The number of hydrogen-bond donors (Lipinski definition) is 1. The van der Waals surface area contributed by atoms with Crippen LogP contribution < -0.4 is 10.2 Å². The maximum atomic E-state index is 4.29. The second-order valence-electron chi connectivity index (χ2n) is 4.97. The van der Waals surface area contributed by atoms with Gasteiger partial charge in [-0.2, -0.15) is 0 Å². The molecule has 1 aliphatic rings. The molecular formula is C16H19N3. The fourth-order valence-corrected chi connectivity index (χ4v) is 2.74. The molecule has 0 fully saturated rings. The highest BCUT2D eigenvalue weighted by atomic mass is 15.1. The summed E-state index contributed by atoms with van der Waals surface area (Å²) in [4.78, 5) is 6.72. The predicted molar refractivity (Wildman–Crippen MR) is 78.2 cm³/mol. The third-order valence-corrected chi connectivity index (χ3v) is 3.73. The molecule has 3 nitrogen and oxygen atoms in total. The van der Waals surface area contributed by atoms with E-state index in [4.69, 9.17) is 0 Å². The monoisotopic (exact) mass is 253 g/mol. The highest BCUT2D eigenvalue weighted by molar-refractivity contribution is 5.53. The summed E-state index contributed by atoms with van der Waals surface area (Å²) in [7, 11) is 1.98. The number of nitrogens with one attached hydrogen (secondary N) is 1. The first-order chi connectivity index (χ1) is 9.38. The molecule has 1 aromatic heterocycles. The van der Waals surface area contributed by atoms with Crippen molar-refractivity contribution in [1.29, 1.82) is 0 Å². The molecule has 0 radical (unpaired) electrons. The van der Waals surface area contributed by atoms with Gasteiger partial charge in [-0.1, -0.05) is 24.3 Å². The van der Waals surface area contributed by atoms with Crippen molar-refractivity contribution in [2.24, 2.45) is 0 Å². The van der Waals surface area contributed by atoms with Crippen LogP contribution in [0.15, 0.2) is 42.7 Å². The Hall–Kier alpha value is -1.87. The van der Waals surface area contributed by atoms with Crippen molar-refractivity contribution in [3.63, 3.8) is 0 Å². The standard InChI is InChI=1S/C16H19N3/c1-17-10-14-6-8-18-11-16(14)19-9-7-13-4-2-3-5-15(13)12-19/h2-6,8,11,17H,7,9-10,12H2,1H3. The normalized spacial score (nSPS) is 14.3. The van der Waals surface area contributed by atoms with Gasteiger partial charge >= 0.3 is 0 Å². The highest BCUT2D eigenvalue weighted by Gasteiger charge is 2.18. The average molecular weight is 253 g/mol. The molecule has 2 aromatic rings. The number of anilines is 1. The number of pyridine rings is 1. The molecular weight excluding hydrogens is 234 g/mol. The van der Waals surface area contributed by atoms with Crippen LogP contribution in [0.5, 0.6) is 0 Å². The van der Waals surface area contributed by atoms with Gasteiger partial charge < -0.3 is 10.2 Å². The highest BCUT2D eigenvalue weighted by Crippen LogP contribution is 2.26. The zero-order valence-electron chi connectivity index (χ0n) is 11.3. The molecule has 0 saturated carbocycles. The molecule has 0 saturated heterocycles. The first kappa shape index (κ1) is 12.2. The Morgan fingerprint density at radius 2 is 2.05 bits per heavy atom. The summed E-state index contributed by atoms with van der Waals surface area (Å²) >= 11 is 0. The van der Waals surface area contributed by atoms with E-state index in [-0.39, 0.29) is 0 Å². The van der Waals surface area contributed by atoms with Crippen LogP contribution in [-0.2, 0) is 19.5 Å². The zero-order chi connectivity index (χ0) is 13.1. The van der Waals surface area contributed by atoms with Crippen LogP contribution in [0.25, 0.3) is 0 Å². The van der Waals surface area contributed by atoms with Crippen molar-refractivity contribution in [3.05, 3.63) is 59.4 Å². The van der Waals surface area contributed by atoms with E-state index in [2.05, 4.69) is 45.5 Å². The van der Waals surface area contributed by atoms with Crippen LogP contribution in [0.2, 0.25) is 0 Å². The first-order valence-electron chi connectivity index (χ1n) is 6.77. The quantitative estimate of drug-likeness (QED) is 0.910. The van der Waals surface area contributed by atoms with Crippen molar-refractivity contribution in [1.82, 2.24) is 10.3 Å². The molecule has 0 bridgehead atoms. The van der Waals surface area contributed by atoms with Gasteiger partial charge in [-0.3, -0.25) is 4.98 Å². The lowest BCUT2D eigenvalue weighted by atomic mass is 9.99. The topological polar surface area (TPSA) is 28.2 Å². The smallest absolute Gasteiger partial charge is 0.0601 e. The third kappa shape index (κ3) is 2.47. The van der Waals surface area contributed by atoms with Crippen LogP contribution in [0.1, 0.15) is 16.7 Å². The van der Waals surface area contributed by atoms with Crippen molar-refractivity contribution >= 4 is 5.69 Å². The summed E-state index contributed by atoms with van der Waals surface area (Å²) in [6.07, 6.45) is 4.97. The van der Waals surface area contributed by atoms with Gasteiger partial charge in [-0.25, -0.2) is 0 Å². The average Bonchev–Trinajstić information content (AvgIpc) is 2.48. The van der Waals surface area contributed by atoms with Crippen molar-refractivity contribution in [2.75, 3.05) is 18.5 Å². The SMILES string of the molecule is CNCc1ccncc1N1CCc2ccccc2C1. The number of nitrogens with zero attached hydrogens (tertiary/aromatic N) is 2. The molecule has 0 aliphatic carbocycles. The zero-order valence-corrected chi connectivity index (χ0v) is 11.3. The third-order valence-electron chi connectivity index (χ3n) is 3.73. The van der Waals surface area contributed by atoms with Gasteiger partial charge in [0.25, 0.3) is 0 Å². The fourth-order valence-electron chi connectivity index (χ4n) is 2.74. The van der Waals surface area contributed by atoms with Crippen molar-refractivity contribution < 1.29 is 0 Å². The van der Waals surface area contributed by atoms with Gasteiger partial charge in [-0.05, 0) is 36.2 Å². The second kappa shape index (κ2) is 5.41. The minimum Gasteiger partial charge on any atom is -0.365 e. The van der Waals surface area contributed by atoms with Crippen LogP contribution in [0, 0.1) is 0 Å². The van der Waals surface area contributed by atoms with Gasteiger partial charge in [0.15, 0.2) is 0 Å². The summed E-state index contributed by atoms with van der Waals surface area (Å²) in [5.74, 6) is 0. The van der Waals surface area contributed by atoms with E-state index in [1.54, 1.807) is 0 Å². The lowest BCUT2D eigenvalue weighted by Gasteiger charge is -2.31. The number of rotatable bonds is 3.